The van der Waals surface area contributed by atoms with Crippen molar-refractivity contribution >= 4 is 5.97 Å². The second-order valence-electron chi connectivity index (χ2n) is 8.23. The van der Waals surface area contributed by atoms with Gasteiger partial charge >= 0.3 is 5.97 Å². The summed E-state index contributed by atoms with van der Waals surface area (Å²) in [7, 11) is 4.02. The number of benzene rings is 1. The number of nitrogens with zero attached hydrogens (tertiary/aromatic N) is 1. The van der Waals surface area contributed by atoms with Crippen LogP contribution in [0.1, 0.15) is 31.2 Å². The van der Waals surface area contributed by atoms with Crippen LogP contribution < -0.4 is 17.0 Å². The van der Waals surface area contributed by atoms with Crippen LogP contribution in [0.5, 0.6) is 0 Å². The van der Waals surface area contributed by atoms with Crippen molar-refractivity contribution in [3.63, 3.8) is 0 Å². The molecule has 1 aromatic rings. The number of halogens is 4. The predicted octanol–water partition coefficient (Wildman–Crippen LogP) is -0.155. The summed E-state index contributed by atoms with van der Waals surface area (Å²) in [6, 6.07) is 4.75. The molecular weight excluding hydrogens is 427 g/mol. The van der Waals surface area contributed by atoms with Crippen LogP contribution in [0.3, 0.4) is 0 Å². The maximum Gasteiger partial charge on any atom is 0.343 e. The number of alkyl halides is 2. The molecule has 0 radical (unpaired) electrons. The van der Waals surface area contributed by atoms with E-state index in [4.69, 9.17) is 4.74 Å². The fraction of sp³-hybridized carbons (Fsp3) is 0.632. The molecule has 3 rings (SSSR count). The average molecular weight is 452 g/mol. The highest BCUT2D eigenvalue weighted by Crippen LogP contribution is 2.48. The first-order valence-corrected chi connectivity index (χ1v) is 8.91. The highest BCUT2D eigenvalue weighted by Gasteiger charge is 2.55. The van der Waals surface area contributed by atoms with Crippen molar-refractivity contribution in [2.75, 3.05) is 27.2 Å². The summed E-state index contributed by atoms with van der Waals surface area (Å²) in [4.78, 5) is 12.9. The number of likely N-dealkylation sites (tertiary alicyclic amines) is 1. The van der Waals surface area contributed by atoms with Gasteiger partial charge in [-0.1, -0.05) is 12.1 Å². The van der Waals surface area contributed by atoms with Crippen LogP contribution >= 0.6 is 0 Å². The van der Waals surface area contributed by atoms with E-state index in [-0.39, 0.29) is 41.5 Å². The Kier molecular flexibility index (Phi) is 6.34. The second kappa shape index (κ2) is 7.72. The minimum atomic E-state index is -2.93. The molecule has 0 aromatic heterocycles. The van der Waals surface area contributed by atoms with E-state index in [1.54, 1.807) is 0 Å². The number of carbonyl (C=O) groups excluding carboxylic acids is 1. The third-order valence-corrected chi connectivity index (χ3v) is 5.62. The third-order valence-electron chi connectivity index (χ3n) is 5.62. The van der Waals surface area contributed by atoms with Crippen LogP contribution in [0.25, 0.3) is 0 Å². The molecule has 1 heterocycles. The molecule has 0 unspecified atom stereocenters. The minimum Gasteiger partial charge on any atom is -1.00 e. The summed E-state index contributed by atoms with van der Waals surface area (Å²) >= 11 is 0. The number of esters is 1. The predicted molar refractivity (Wildman–Crippen MR) is 88.9 cm³/mol. The number of ether oxygens (including phenoxy) is 1. The van der Waals surface area contributed by atoms with Crippen LogP contribution in [-0.4, -0.2) is 54.8 Å². The molecule has 8 heteroatoms. The fourth-order valence-corrected chi connectivity index (χ4v) is 4.10. The van der Waals surface area contributed by atoms with Gasteiger partial charge in [0.25, 0.3) is 0 Å². The summed E-state index contributed by atoms with van der Waals surface area (Å²) in [5.41, 5.74) is -2.11. The summed E-state index contributed by atoms with van der Waals surface area (Å²) in [5.74, 6) is -5.35. The molecule has 3 atom stereocenters. The SMILES string of the molecule is C[N+]1(C)CC[C@H](OC(=O)[C@](O)(c2ccc(F)cc2)[C@@H]2CCC(F)(F)C2)C1.[Br-]. The molecule has 1 aliphatic carbocycles. The summed E-state index contributed by atoms with van der Waals surface area (Å²) in [6.07, 6.45) is -0.697. The Morgan fingerprint density at radius 1 is 1.26 bits per heavy atom. The molecule has 1 saturated carbocycles. The summed E-state index contributed by atoms with van der Waals surface area (Å²) in [6.45, 7) is 1.43. The van der Waals surface area contributed by atoms with Gasteiger partial charge in [0, 0.05) is 25.2 Å². The summed E-state index contributed by atoms with van der Waals surface area (Å²) in [5, 5.41) is 11.2. The Bertz CT molecular complexity index is 683. The van der Waals surface area contributed by atoms with Gasteiger partial charge in [0.05, 0.1) is 20.6 Å². The quantitative estimate of drug-likeness (QED) is 0.511. The fourth-order valence-electron chi connectivity index (χ4n) is 4.10. The molecule has 0 amide bonds. The Morgan fingerprint density at radius 3 is 2.37 bits per heavy atom. The zero-order valence-corrected chi connectivity index (χ0v) is 17.0. The first-order chi connectivity index (χ1) is 12.0. The molecule has 152 valence electrons. The largest absolute Gasteiger partial charge is 1.00 e. The van der Waals surface area contributed by atoms with Gasteiger partial charge in [-0.25, -0.2) is 18.0 Å². The van der Waals surface area contributed by atoms with Crippen molar-refractivity contribution in [3.8, 4) is 0 Å². The lowest BCUT2D eigenvalue weighted by molar-refractivity contribution is -0.879. The Balaban J connectivity index is 0.00000261. The molecule has 1 aliphatic heterocycles. The Morgan fingerprint density at radius 2 is 1.89 bits per heavy atom. The standard InChI is InChI=1S/C19H25F3NO3.BrH/c1-23(2)10-8-16(12-23)26-17(24)19(25,13-3-5-15(20)6-4-13)14-7-9-18(21,22)11-14;/h3-6,14,16,25H,7-12H2,1-2H3;1H/q+1;/p-1/t14-,16+,19+;/m1./s1. The van der Waals surface area contributed by atoms with Crippen molar-refractivity contribution in [2.24, 2.45) is 5.92 Å². The third kappa shape index (κ3) is 4.66. The molecule has 0 spiro atoms. The number of carbonyl (C=O) groups is 1. The number of hydrogen-bond acceptors (Lipinski definition) is 3. The summed E-state index contributed by atoms with van der Waals surface area (Å²) < 4.78 is 47.0. The van der Waals surface area contributed by atoms with Crippen molar-refractivity contribution in [1.29, 1.82) is 0 Å². The molecule has 2 fully saturated rings. The lowest BCUT2D eigenvalue weighted by Gasteiger charge is -2.33. The van der Waals surface area contributed by atoms with E-state index in [1.807, 2.05) is 14.1 Å². The molecule has 27 heavy (non-hydrogen) atoms. The van der Waals surface area contributed by atoms with Crippen molar-refractivity contribution < 1.29 is 49.3 Å². The zero-order chi connectivity index (χ0) is 19.2. The lowest BCUT2D eigenvalue weighted by atomic mass is 9.80. The smallest absolute Gasteiger partial charge is 0.343 e. The number of rotatable bonds is 4. The van der Waals surface area contributed by atoms with E-state index < -0.39 is 35.6 Å². The van der Waals surface area contributed by atoms with Crippen molar-refractivity contribution in [3.05, 3.63) is 35.6 Å². The van der Waals surface area contributed by atoms with Gasteiger partial charge in [-0.3, -0.25) is 0 Å². The average Bonchev–Trinajstić information content (AvgIpc) is 3.08. The number of hydrogen-bond donors (Lipinski definition) is 1. The van der Waals surface area contributed by atoms with E-state index in [1.165, 1.54) is 12.1 Å². The topological polar surface area (TPSA) is 46.5 Å². The maximum atomic E-state index is 13.7. The van der Waals surface area contributed by atoms with Crippen molar-refractivity contribution in [2.45, 2.75) is 43.3 Å². The van der Waals surface area contributed by atoms with E-state index in [0.717, 1.165) is 18.7 Å². The molecular formula is C19H25BrF3NO3. The molecule has 2 aliphatic rings. The maximum absolute atomic E-state index is 13.7. The van der Waals surface area contributed by atoms with Crippen molar-refractivity contribution in [1.82, 2.24) is 0 Å². The van der Waals surface area contributed by atoms with E-state index in [2.05, 4.69) is 0 Å². The van der Waals surface area contributed by atoms with Gasteiger partial charge in [0.2, 0.25) is 5.92 Å². The lowest BCUT2D eigenvalue weighted by Crippen LogP contribution is -3.00. The van der Waals surface area contributed by atoms with Gasteiger partial charge in [0.1, 0.15) is 12.4 Å². The molecule has 4 nitrogen and oxygen atoms in total. The first-order valence-electron chi connectivity index (χ1n) is 8.91. The van der Waals surface area contributed by atoms with Gasteiger partial charge in [-0.05, 0) is 24.1 Å². The highest BCUT2D eigenvalue weighted by atomic mass is 79.9. The van der Waals surface area contributed by atoms with Crippen LogP contribution in [0.2, 0.25) is 0 Å². The van der Waals surface area contributed by atoms with Crippen LogP contribution in [0.15, 0.2) is 24.3 Å². The Labute approximate surface area is 167 Å². The molecule has 1 aromatic carbocycles. The highest BCUT2D eigenvalue weighted by molar-refractivity contribution is 5.82. The second-order valence-corrected chi connectivity index (χ2v) is 8.23. The van der Waals surface area contributed by atoms with Gasteiger partial charge in [-0.15, -0.1) is 0 Å². The first kappa shape index (κ1) is 22.2. The van der Waals surface area contributed by atoms with Gasteiger partial charge in [-0.2, -0.15) is 0 Å². The van der Waals surface area contributed by atoms with E-state index in [9.17, 15) is 23.1 Å². The van der Waals surface area contributed by atoms with Crippen LogP contribution in [-0.2, 0) is 15.1 Å². The molecule has 1 saturated heterocycles. The number of aliphatic hydroxyl groups is 1. The Hall–Kier alpha value is -1.12. The van der Waals surface area contributed by atoms with Gasteiger partial charge in [0.15, 0.2) is 11.7 Å². The van der Waals surface area contributed by atoms with Gasteiger partial charge < -0.3 is 31.3 Å². The van der Waals surface area contributed by atoms with Crippen LogP contribution in [0.4, 0.5) is 13.2 Å². The van der Waals surface area contributed by atoms with E-state index in [0.29, 0.717) is 17.4 Å². The zero-order valence-electron chi connectivity index (χ0n) is 15.4. The molecule has 1 N–H and O–H groups in total. The molecule has 0 bridgehead atoms. The van der Waals surface area contributed by atoms with E-state index >= 15 is 0 Å². The van der Waals surface area contributed by atoms with Crippen LogP contribution in [0, 0.1) is 11.7 Å². The minimum absolute atomic E-state index is 0. The monoisotopic (exact) mass is 451 g/mol. The number of quaternary nitrogens is 1. The number of likely N-dealkylation sites (N-methyl/N-ethyl adjacent to an activating group) is 1. The normalized spacial score (nSPS) is 28.2.